The highest BCUT2D eigenvalue weighted by atomic mass is 19.1. The van der Waals surface area contributed by atoms with Crippen molar-refractivity contribution >= 4 is 0 Å². The smallest absolute Gasteiger partial charge is 0.128 e. The van der Waals surface area contributed by atoms with Crippen LogP contribution in [0.15, 0.2) is 30.5 Å². The molecule has 1 aromatic carbocycles. The van der Waals surface area contributed by atoms with E-state index in [1.165, 1.54) is 6.07 Å². The molecule has 0 N–H and O–H groups in total. The van der Waals surface area contributed by atoms with E-state index in [1.54, 1.807) is 23.0 Å². The molecule has 0 spiro atoms. The molecule has 0 radical (unpaired) electrons. The average Bonchev–Trinajstić information content (AvgIpc) is 2.56. The summed E-state index contributed by atoms with van der Waals surface area (Å²) in [4.78, 5) is 0. The Labute approximate surface area is 81.2 Å². The van der Waals surface area contributed by atoms with Crippen molar-refractivity contribution in [3.63, 3.8) is 0 Å². The fourth-order valence-corrected chi connectivity index (χ4v) is 1.25. The molecule has 0 unspecified atom stereocenters. The van der Waals surface area contributed by atoms with E-state index in [4.69, 9.17) is 0 Å². The van der Waals surface area contributed by atoms with E-state index >= 15 is 0 Å². The number of benzene rings is 1. The Hall–Kier alpha value is -1.71. The van der Waals surface area contributed by atoms with Crippen LogP contribution in [0.4, 0.5) is 4.39 Å². The first-order chi connectivity index (χ1) is 6.77. The molecule has 0 fully saturated rings. The molecule has 72 valence electrons. The third kappa shape index (κ3) is 1.64. The zero-order valence-electron chi connectivity index (χ0n) is 7.81. The molecule has 0 bridgehead atoms. The Morgan fingerprint density at radius 3 is 2.79 bits per heavy atom. The van der Waals surface area contributed by atoms with Gasteiger partial charge in [0.25, 0.3) is 0 Å². The molecule has 0 aliphatic carbocycles. The van der Waals surface area contributed by atoms with Crippen LogP contribution in [0.2, 0.25) is 0 Å². The number of nitrogens with zero attached hydrogens (tertiary/aromatic N) is 3. The Balaban J connectivity index is 2.28. The lowest BCUT2D eigenvalue weighted by atomic mass is 10.2. The number of aryl methyl sites for hydroxylation is 1. The second kappa shape index (κ2) is 3.57. The van der Waals surface area contributed by atoms with Crippen molar-refractivity contribution in [1.82, 2.24) is 15.0 Å². The molecule has 4 heteroatoms. The first-order valence-electron chi connectivity index (χ1n) is 4.36. The lowest BCUT2D eigenvalue weighted by Crippen LogP contribution is -2.05. The topological polar surface area (TPSA) is 30.7 Å². The van der Waals surface area contributed by atoms with Crippen LogP contribution in [0.5, 0.6) is 0 Å². The lowest BCUT2D eigenvalue weighted by molar-refractivity contribution is 0.571. The highest BCUT2D eigenvalue weighted by molar-refractivity contribution is 5.17. The normalized spacial score (nSPS) is 10.4. The largest absolute Gasteiger partial charge is 0.245 e. The van der Waals surface area contributed by atoms with E-state index in [9.17, 15) is 4.39 Å². The second-order valence-corrected chi connectivity index (χ2v) is 3.12. The van der Waals surface area contributed by atoms with Crippen molar-refractivity contribution in [3.8, 4) is 0 Å². The molecule has 0 aliphatic rings. The van der Waals surface area contributed by atoms with Crippen LogP contribution in [-0.4, -0.2) is 15.0 Å². The predicted molar refractivity (Wildman–Crippen MR) is 50.3 cm³/mol. The monoisotopic (exact) mass is 191 g/mol. The Kier molecular flexibility index (Phi) is 2.26. The minimum Gasteiger partial charge on any atom is -0.245 e. The second-order valence-electron chi connectivity index (χ2n) is 3.12. The fourth-order valence-electron chi connectivity index (χ4n) is 1.25. The van der Waals surface area contributed by atoms with E-state index in [1.807, 2.05) is 13.0 Å². The van der Waals surface area contributed by atoms with Gasteiger partial charge in [0.1, 0.15) is 5.82 Å². The molecule has 3 nitrogen and oxygen atoms in total. The maximum Gasteiger partial charge on any atom is 0.128 e. The highest BCUT2D eigenvalue weighted by Crippen LogP contribution is 2.08. The van der Waals surface area contributed by atoms with Gasteiger partial charge in [-0.2, -0.15) is 0 Å². The number of halogens is 1. The fraction of sp³-hybridized carbons (Fsp3) is 0.200. The van der Waals surface area contributed by atoms with Crippen LogP contribution in [0, 0.1) is 12.7 Å². The van der Waals surface area contributed by atoms with Crippen molar-refractivity contribution in [2.75, 3.05) is 0 Å². The summed E-state index contributed by atoms with van der Waals surface area (Å²) in [5.41, 5.74) is 1.55. The van der Waals surface area contributed by atoms with E-state index in [-0.39, 0.29) is 5.82 Å². The summed E-state index contributed by atoms with van der Waals surface area (Å²) in [6, 6.07) is 6.68. The zero-order chi connectivity index (χ0) is 9.97. The molecular weight excluding hydrogens is 181 g/mol. The van der Waals surface area contributed by atoms with Crippen molar-refractivity contribution in [3.05, 3.63) is 47.5 Å². The standard InChI is InChI=1S/C10H10FN3/c1-8-6-12-13-14(8)7-9-4-2-3-5-10(9)11/h2-6H,7H2,1H3. The molecule has 1 heterocycles. The zero-order valence-corrected chi connectivity index (χ0v) is 7.81. The quantitative estimate of drug-likeness (QED) is 0.724. The average molecular weight is 191 g/mol. The summed E-state index contributed by atoms with van der Waals surface area (Å²) in [6.45, 7) is 2.32. The van der Waals surface area contributed by atoms with Gasteiger partial charge in [0.2, 0.25) is 0 Å². The van der Waals surface area contributed by atoms with E-state index in [0.29, 0.717) is 12.1 Å². The van der Waals surface area contributed by atoms with Gasteiger partial charge in [0, 0.05) is 5.56 Å². The van der Waals surface area contributed by atoms with Crippen molar-refractivity contribution < 1.29 is 4.39 Å². The van der Waals surface area contributed by atoms with E-state index in [0.717, 1.165) is 5.69 Å². The third-order valence-electron chi connectivity index (χ3n) is 2.09. The minimum absolute atomic E-state index is 0.206. The molecule has 2 aromatic rings. The SMILES string of the molecule is Cc1cnnn1Cc1ccccc1F. The van der Waals surface area contributed by atoms with Gasteiger partial charge in [-0.1, -0.05) is 23.4 Å². The Bertz CT molecular complexity index is 436. The summed E-state index contributed by atoms with van der Waals surface area (Å²) < 4.78 is 14.9. The molecule has 0 saturated heterocycles. The molecule has 0 saturated carbocycles. The number of rotatable bonds is 2. The molecule has 14 heavy (non-hydrogen) atoms. The van der Waals surface area contributed by atoms with E-state index in [2.05, 4.69) is 10.3 Å². The summed E-state index contributed by atoms with van der Waals surface area (Å²) in [5, 5.41) is 7.59. The van der Waals surface area contributed by atoms with Crippen LogP contribution in [0.25, 0.3) is 0 Å². The number of aromatic nitrogens is 3. The van der Waals surface area contributed by atoms with E-state index < -0.39 is 0 Å². The predicted octanol–water partition coefficient (Wildman–Crippen LogP) is 1.77. The first kappa shape index (κ1) is 8.87. The molecule has 0 aliphatic heterocycles. The summed E-state index contributed by atoms with van der Waals surface area (Å²) in [5.74, 6) is -0.206. The van der Waals surface area contributed by atoms with Crippen molar-refractivity contribution in [2.45, 2.75) is 13.5 Å². The minimum atomic E-state index is -0.206. The Morgan fingerprint density at radius 2 is 2.14 bits per heavy atom. The molecule has 0 amide bonds. The van der Waals surface area contributed by atoms with Crippen LogP contribution in [0.1, 0.15) is 11.3 Å². The molecule has 1 aromatic heterocycles. The van der Waals surface area contributed by atoms with Gasteiger partial charge in [-0.25, -0.2) is 9.07 Å². The van der Waals surface area contributed by atoms with Gasteiger partial charge < -0.3 is 0 Å². The highest BCUT2D eigenvalue weighted by Gasteiger charge is 2.03. The summed E-state index contributed by atoms with van der Waals surface area (Å²) >= 11 is 0. The molecular formula is C10H10FN3. The van der Waals surface area contributed by atoms with Gasteiger partial charge in [0.05, 0.1) is 18.4 Å². The van der Waals surface area contributed by atoms with Crippen LogP contribution >= 0.6 is 0 Å². The van der Waals surface area contributed by atoms with Gasteiger partial charge >= 0.3 is 0 Å². The van der Waals surface area contributed by atoms with Gasteiger partial charge in [0.15, 0.2) is 0 Å². The number of hydrogen-bond donors (Lipinski definition) is 0. The molecule has 0 atom stereocenters. The third-order valence-corrected chi connectivity index (χ3v) is 2.09. The maximum absolute atomic E-state index is 13.3. The van der Waals surface area contributed by atoms with Gasteiger partial charge in [-0.15, -0.1) is 5.10 Å². The Morgan fingerprint density at radius 1 is 1.36 bits per heavy atom. The summed E-state index contributed by atoms with van der Waals surface area (Å²) in [7, 11) is 0. The van der Waals surface area contributed by atoms with Crippen LogP contribution in [0.3, 0.4) is 0 Å². The maximum atomic E-state index is 13.3. The lowest BCUT2D eigenvalue weighted by Gasteiger charge is -2.03. The first-order valence-corrected chi connectivity index (χ1v) is 4.36. The molecule has 2 rings (SSSR count). The van der Waals surface area contributed by atoms with Gasteiger partial charge in [-0.05, 0) is 13.0 Å². The number of hydrogen-bond acceptors (Lipinski definition) is 2. The van der Waals surface area contributed by atoms with Gasteiger partial charge in [-0.3, -0.25) is 0 Å². The van der Waals surface area contributed by atoms with Crippen molar-refractivity contribution in [1.29, 1.82) is 0 Å². The van der Waals surface area contributed by atoms with Crippen LogP contribution < -0.4 is 0 Å². The summed E-state index contributed by atoms with van der Waals surface area (Å²) in [6.07, 6.45) is 1.65. The van der Waals surface area contributed by atoms with Crippen LogP contribution in [-0.2, 0) is 6.54 Å². The van der Waals surface area contributed by atoms with Crippen molar-refractivity contribution in [2.24, 2.45) is 0 Å².